The fraction of sp³-hybridized carbons (Fsp3) is 0.467. The van der Waals surface area contributed by atoms with Gasteiger partial charge in [0.1, 0.15) is 17.7 Å². The second-order valence-corrected chi connectivity index (χ2v) is 5.61. The van der Waals surface area contributed by atoms with Crippen molar-refractivity contribution in [1.82, 2.24) is 14.8 Å². The number of nitrogens with zero attached hydrogens (tertiary/aromatic N) is 3. The van der Waals surface area contributed by atoms with Crippen molar-refractivity contribution in [3.8, 4) is 17.1 Å². The van der Waals surface area contributed by atoms with Crippen LogP contribution >= 0.6 is 0 Å². The Morgan fingerprint density at radius 1 is 1.38 bits per heavy atom. The van der Waals surface area contributed by atoms with Crippen LogP contribution in [0.4, 0.5) is 10.1 Å². The number of aryl methyl sites for hydroxylation is 1. The fourth-order valence-electron chi connectivity index (χ4n) is 2.55. The maximum atomic E-state index is 13.6. The van der Waals surface area contributed by atoms with Gasteiger partial charge in [-0.2, -0.15) is 0 Å². The summed E-state index contributed by atoms with van der Waals surface area (Å²) >= 11 is 0. The molecule has 112 valence electrons. The maximum absolute atomic E-state index is 13.6. The molecule has 0 aliphatic carbocycles. The lowest BCUT2D eigenvalue weighted by molar-refractivity contribution is 0.244. The molecule has 0 spiro atoms. The summed E-state index contributed by atoms with van der Waals surface area (Å²) in [6, 6.07) is 5.51. The van der Waals surface area contributed by atoms with Crippen molar-refractivity contribution >= 4 is 5.69 Å². The van der Waals surface area contributed by atoms with Gasteiger partial charge in [-0.25, -0.2) is 4.39 Å². The highest BCUT2D eigenvalue weighted by atomic mass is 19.1. The number of halogens is 1. The molecule has 21 heavy (non-hydrogen) atoms. The summed E-state index contributed by atoms with van der Waals surface area (Å²) in [7, 11) is 0. The van der Waals surface area contributed by atoms with E-state index in [4.69, 9.17) is 10.5 Å². The van der Waals surface area contributed by atoms with Crippen LogP contribution in [0.15, 0.2) is 18.2 Å². The predicted octanol–water partition coefficient (Wildman–Crippen LogP) is 2.60. The van der Waals surface area contributed by atoms with E-state index in [0.717, 1.165) is 11.4 Å². The summed E-state index contributed by atoms with van der Waals surface area (Å²) in [5.41, 5.74) is 7.40. The van der Waals surface area contributed by atoms with E-state index in [1.54, 1.807) is 6.07 Å². The van der Waals surface area contributed by atoms with Crippen LogP contribution in [0, 0.1) is 0 Å². The van der Waals surface area contributed by atoms with Gasteiger partial charge in [0.05, 0.1) is 18.3 Å². The Balaban J connectivity index is 1.95. The highest BCUT2D eigenvalue weighted by Crippen LogP contribution is 2.30. The summed E-state index contributed by atoms with van der Waals surface area (Å²) in [5.74, 6) is 2.14. The van der Waals surface area contributed by atoms with Gasteiger partial charge in [0, 0.05) is 12.0 Å². The second kappa shape index (κ2) is 5.35. The number of aromatic nitrogens is 3. The molecule has 1 unspecified atom stereocenters. The van der Waals surface area contributed by atoms with Crippen molar-refractivity contribution in [1.29, 1.82) is 0 Å². The van der Waals surface area contributed by atoms with Crippen LogP contribution in [-0.2, 0) is 13.0 Å². The lowest BCUT2D eigenvalue weighted by Crippen LogP contribution is -2.21. The smallest absolute Gasteiger partial charge is 0.164 e. The Kier molecular flexibility index (Phi) is 3.53. The zero-order valence-corrected chi connectivity index (χ0v) is 12.2. The van der Waals surface area contributed by atoms with Crippen LogP contribution < -0.4 is 10.5 Å². The first-order chi connectivity index (χ1) is 10.0. The monoisotopic (exact) mass is 290 g/mol. The van der Waals surface area contributed by atoms with Crippen LogP contribution in [0.25, 0.3) is 11.4 Å². The van der Waals surface area contributed by atoms with Gasteiger partial charge in [0.2, 0.25) is 0 Å². The van der Waals surface area contributed by atoms with E-state index in [0.29, 0.717) is 36.6 Å². The zero-order valence-electron chi connectivity index (χ0n) is 12.2. The lowest BCUT2D eigenvalue weighted by atomic mass is 10.1. The van der Waals surface area contributed by atoms with E-state index in [-0.39, 0.29) is 6.10 Å². The highest BCUT2D eigenvalue weighted by molar-refractivity contribution is 5.66. The van der Waals surface area contributed by atoms with Gasteiger partial charge in [0.15, 0.2) is 5.82 Å². The van der Waals surface area contributed by atoms with Crippen LogP contribution in [0.5, 0.6) is 5.75 Å². The van der Waals surface area contributed by atoms with E-state index in [1.807, 2.05) is 30.5 Å². The molecular weight excluding hydrogens is 271 g/mol. The predicted molar refractivity (Wildman–Crippen MR) is 78.9 cm³/mol. The lowest BCUT2D eigenvalue weighted by Gasteiger charge is -2.19. The SMILES string of the molecule is CC(C)Oc1ccc(-c2nnc3n2CC(F)CC3)cc1N. The number of rotatable bonds is 3. The third kappa shape index (κ3) is 2.70. The first kappa shape index (κ1) is 13.9. The first-order valence-corrected chi connectivity index (χ1v) is 7.17. The fourth-order valence-corrected chi connectivity index (χ4v) is 2.55. The molecule has 5 nitrogen and oxygen atoms in total. The number of hydrogen-bond acceptors (Lipinski definition) is 4. The third-order valence-corrected chi connectivity index (χ3v) is 3.52. The normalized spacial score (nSPS) is 17.8. The molecule has 1 aliphatic heterocycles. The minimum atomic E-state index is -0.840. The van der Waals surface area contributed by atoms with Crippen LogP contribution in [-0.4, -0.2) is 27.0 Å². The van der Waals surface area contributed by atoms with Gasteiger partial charge in [0.25, 0.3) is 0 Å². The quantitative estimate of drug-likeness (QED) is 0.882. The summed E-state index contributed by atoms with van der Waals surface area (Å²) in [5, 5.41) is 8.33. The molecular formula is C15H19FN4O. The van der Waals surface area contributed by atoms with Gasteiger partial charge >= 0.3 is 0 Å². The maximum Gasteiger partial charge on any atom is 0.164 e. The summed E-state index contributed by atoms with van der Waals surface area (Å²) in [6.07, 6.45) is 0.360. The zero-order chi connectivity index (χ0) is 15.0. The van der Waals surface area contributed by atoms with Crippen molar-refractivity contribution in [3.05, 3.63) is 24.0 Å². The summed E-state index contributed by atoms with van der Waals surface area (Å²) in [6.45, 7) is 4.20. The number of ether oxygens (including phenoxy) is 1. The number of anilines is 1. The molecule has 0 saturated carbocycles. The Morgan fingerprint density at radius 2 is 2.19 bits per heavy atom. The van der Waals surface area contributed by atoms with E-state index >= 15 is 0 Å². The van der Waals surface area contributed by atoms with Crippen molar-refractivity contribution in [3.63, 3.8) is 0 Å². The average Bonchev–Trinajstić information content (AvgIpc) is 2.83. The topological polar surface area (TPSA) is 66.0 Å². The minimum absolute atomic E-state index is 0.0614. The van der Waals surface area contributed by atoms with Crippen molar-refractivity contribution < 1.29 is 9.13 Å². The van der Waals surface area contributed by atoms with Crippen LogP contribution in [0.2, 0.25) is 0 Å². The number of alkyl halides is 1. The van der Waals surface area contributed by atoms with E-state index < -0.39 is 6.17 Å². The Hall–Kier alpha value is -2.11. The molecule has 2 aromatic rings. The number of nitrogen functional groups attached to an aromatic ring is 1. The Labute approximate surface area is 122 Å². The molecule has 1 aliphatic rings. The Morgan fingerprint density at radius 3 is 2.90 bits per heavy atom. The molecule has 0 fully saturated rings. The second-order valence-electron chi connectivity index (χ2n) is 5.61. The van der Waals surface area contributed by atoms with Gasteiger partial charge in [-0.3, -0.25) is 0 Å². The minimum Gasteiger partial charge on any atom is -0.489 e. The van der Waals surface area contributed by atoms with Crippen molar-refractivity contribution in [2.75, 3.05) is 5.73 Å². The Bertz CT molecular complexity index is 653. The molecule has 0 bridgehead atoms. The van der Waals surface area contributed by atoms with Gasteiger partial charge in [-0.05, 0) is 38.5 Å². The molecule has 0 saturated heterocycles. The number of nitrogens with two attached hydrogens (primary N) is 1. The van der Waals surface area contributed by atoms with E-state index in [2.05, 4.69) is 10.2 Å². The van der Waals surface area contributed by atoms with Crippen LogP contribution in [0.1, 0.15) is 26.1 Å². The number of fused-ring (bicyclic) bond motifs is 1. The largest absolute Gasteiger partial charge is 0.489 e. The van der Waals surface area contributed by atoms with Crippen molar-refractivity contribution in [2.45, 2.75) is 45.5 Å². The molecule has 2 heterocycles. The van der Waals surface area contributed by atoms with Crippen LogP contribution in [0.3, 0.4) is 0 Å². The number of benzene rings is 1. The molecule has 6 heteroatoms. The molecule has 3 rings (SSSR count). The van der Waals surface area contributed by atoms with Gasteiger partial charge in [-0.15, -0.1) is 10.2 Å². The molecule has 0 amide bonds. The first-order valence-electron chi connectivity index (χ1n) is 7.17. The molecule has 1 atom stereocenters. The molecule has 0 radical (unpaired) electrons. The highest BCUT2D eigenvalue weighted by Gasteiger charge is 2.23. The molecule has 1 aromatic carbocycles. The van der Waals surface area contributed by atoms with E-state index in [1.165, 1.54) is 0 Å². The number of hydrogen-bond donors (Lipinski definition) is 1. The molecule has 2 N–H and O–H groups in total. The van der Waals surface area contributed by atoms with Crippen molar-refractivity contribution in [2.24, 2.45) is 0 Å². The van der Waals surface area contributed by atoms with E-state index in [9.17, 15) is 4.39 Å². The third-order valence-electron chi connectivity index (χ3n) is 3.52. The average molecular weight is 290 g/mol. The molecule has 1 aromatic heterocycles. The van der Waals surface area contributed by atoms with Gasteiger partial charge in [-0.1, -0.05) is 0 Å². The standard InChI is InChI=1S/C15H19FN4O/c1-9(2)21-13-5-3-10(7-12(13)17)15-19-18-14-6-4-11(16)8-20(14)15/h3,5,7,9,11H,4,6,8,17H2,1-2H3. The summed E-state index contributed by atoms with van der Waals surface area (Å²) < 4.78 is 21.1. The van der Waals surface area contributed by atoms with Gasteiger partial charge < -0.3 is 15.0 Å². The summed E-state index contributed by atoms with van der Waals surface area (Å²) in [4.78, 5) is 0.